The zero-order valence-electron chi connectivity index (χ0n) is 16.8. The molecule has 3 N–H and O–H groups in total. The topological polar surface area (TPSA) is 109 Å². The van der Waals surface area contributed by atoms with Gasteiger partial charge in [0.2, 0.25) is 0 Å². The van der Waals surface area contributed by atoms with Crippen LogP contribution in [0.4, 0.5) is 0 Å². The summed E-state index contributed by atoms with van der Waals surface area (Å²) in [5.74, 6) is -0.304. The number of likely N-dealkylation sites (N-methyl/N-ethyl adjacent to an activating group) is 1. The van der Waals surface area contributed by atoms with Gasteiger partial charge < -0.3 is 10.6 Å². The summed E-state index contributed by atoms with van der Waals surface area (Å²) in [5, 5.41) is 6.21. The van der Waals surface area contributed by atoms with E-state index in [2.05, 4.69) is 20.6 Å². The summed E-state index contributed by atoms with van der Waals surface area (Å²) in [6.07, 6.45) is 0. The fourth-order valence-electron chi connectivity index (χ4n) is 2.82. The van der Waals surface area contributed by atoms with E-state index in [1.54, 1.807) is 13.0 Å². The first-order valence-electron chi connectivity index (χ1n) is 8.99. The number of aryl methyl sites for hydroxylation is 1. The Morgan fingerprint density at radius 3 is 2.39 bits per heavy atom. The van der Waals surface area contributed by atoms with E-state index in [-0.39, 0.29) is 59.3 Å². The number of amides is 1. The van der Waals surface area contributed by atoms with E-state index in [1.807, 2.05) is 27.7 Å². The van der Waals surface area contributed by atoms with Crippen molar-refractivity contribution in [2.75, 3.05) is 13.1 Å². The lowest BCUT2D eigenvalue weighted by Gasteiger charge is -2.16. The Bertz CT molecular complexity index is 924. The predicted molar refractivity (Wildman–Crippen MR) is 116 cm³/mol. The molecule has 1 atom stereocenters. The summed E-state index contributed by atoms with van der Waals surface area (Å²) < 4.78 is 1.38. The first-order chi connectivity index (χ1) is 12.3. The minimum absolute atomic E-state index is 0. The third kappa shape index (κ3) is 5.56. The average Bonchev–Trinajstić information content (AvgIpc) is 2.59. The molecule has 0 saturated carbocycles. The number of H-pyrrole nitrogens is 1. The molecule has 158 valence electrons. The standard InChI is InChI=1S/C18H27N5O3.2ClH/c1-6-19-11(5)9-20-16(24)12-8-13(10(3)4)21-15-14(12)17(25)22-18(26)23(15)7-2;;/h8,10-11,19H,6-7,9H2,1-5H3,(H,20,24)(H,22,25,26);2*1H/t11-;;/m1../s1. The molecule has 0 aliphatic heterocycles. The number of aromatic amines is 1. The van der Waals surface area contributed by atoms with Gasteiger partial charge in [-0.3, -0.25) is 19.1 Å². The summed E-state index contributed by atoms with van der Waals surface area (Å²) in [4.78, 5) is 44.0. The van der Waals surface area contributed by atoms with E-state index in [4.69, 9.17) is 0 Å². The number of hydrogen-bond donors (Lipinski definition) is 3. The molecule has 2 aromatic heterocycles. The Balaban J connectivity index is 0.00000364. The third-order valence-corrected chi connectivity index (χ3v) is 4.24. The Hall–Kier alpha value is -1.90. The van der Waals surface area contributed by atoms with Crippen molar-refractivity contribution in [2.45, 2.75) is 53.1 Å². The highest BCUT2D eigenvalue weighted by molar-refractivity contribution is 6.05. The molecule has 10 heteroatoms. The first kappa shape index (κ1) is 26.1. The van der Waals surface area contributed by atoms with Crippen LogP contribution in [0.15, 0.2) is 15.7 Å². The smallest absolute Gasteiger partial charge is 0.329 e. The molecule has 0 bridgehead atoms. The summed E-state index contributed by atoms with van der Waals surface area (Å²) >= 11 is 0. The monoisotopic (exact) mass is 433 g/mol. The molecule has 0 radical (unpaired) electrons. The van der Waals surface area contributed by atoms with E-state index in [9.17, 15) is 14.4 Å². The number of nitrogens with zero attached hydrogens (tertiary/aromatic N) is 2. The predicted octanol–water partition coefficient (Wildman–Crippen LogP) is 1.80. The highest BCUT2D eigenvalue weighted by Crippen LogP contribution is 2.19. The zero-order valence-corrected chi connectivity index (χ0v) is 18.4. The molecule has 2 heterocycles. The molecule has 8 nitrogen and oxygen atoms in total. The average molecular weight is 434 g/mol. The van der Waals surface area contributed by atoms with Crippen molar-refractivity contribution < 1.29 is 4.79 Å². The molecule has 0 unspecified atom stereocenters. The van der Waals surface area contributed by atoms with Crippen LogP contribution in [-0.2, 0) is 6.54 Å². The normalized spacial score (nSPS) is 11.6. The van der Waals surface area contributed by atoms with Crippen molar-refractivity contribution in [1.82, 2.24) is 25.2 Å². The van der Waals surface area contributed by atoms with Gasteiger partial charge >= 0.3 is 5.69 Å². The van der Waals surface area contributed by atoms with Crippen molar-refractivity contribution >= 4 is 41.8 Å². The summed E-state index contributed by atoms with van der Waals surface area (Å²) in [7, 11) is 0. The lowest BCUT2D eigenvalue weighted by molar-refractivity contribution is 0.0951. The number of carbonyl (C=O) groups excluding carboxylic acids is 1. The lowest BCUT2D eigenvalue weighted by atomic mass is 10.0. The van der Waals surface area contributed by atoms with Crippen molar-refractivity contribution in [1.29, 1.82) is 0 Å². The van der Waals surface area contributed by atoms with Crippen LogP contribution in [0.2, 0.25) is 0 Å². The Kier molecular flexibility index (Phi) is 10.4. The first-order valence-corrected chi connectivity index (χ1v) is 8.99. The number of hydrogen-bond acceptors (Lipinski definition) is 5. The van der Waals surface area contributed by atoms with Crippen LogP contribution in [0.5, 0.6) is 0 Å². The fourth-order valence-corrected chi connectivity index (χ4v) is 2.82. The lowest BCUT2D eigenvalue weighted by Crippen LogP contribution is -2.39. The molecule has 0 aliphatic carbocycles. The number of fused-ring (bicyclic) bond motifs is 1. The van der Waals surface area contributed by atoms with Gasteiger partial charge in [-0.05, 0) is 32.4 Å². The maximum Gasteiger partial charge on any atom is 0.329 e. The molecule has 2 rings (SSSR count). The quantitative estimate of drug-likeness (QED) is 0.616. The molecule has 0 aliphatic rings. The van der Waals surface area contributed by atoms with Crippen LogP contribution >= 0.6 is 24.8 Å². The number of nitrogens with one attached hydrogen (secondary N) is 3. The Morgan fingerprint density at radius 2 is 1.86 bits per heavy atom. The molecule has 0 spiro atoms. The van der Waals surface area contributed by atoms with Crippen molar-refractivity contribution in [2.24, 2.45) is 0 Å². The van der Waals surface area contributed by atoms with E-state index < -0.39 is 11.2 Å². The number of halogens is 2. The van der Waals surface area contributed by atoms with Gasteiger partial charge in [-0.2, -0.15) is 0 Å². The van der Waals surface area contributed by atoms with Gasteiger partial charge in [-0.1, -0.05) is 20.8 Å². The number of rotatable bonds is 7. The minimum atomic E-state index is -0.595. The van der Waals surface area contributed by atoms with Gasteiger partial charge in [0.15, 0.2) is 5.65 Å². The van der Waals surface area contributed by atoms with E-state index in [1.165, 1.54) is 4.57 Å². The number of pyridine rings is 1. The summed E-state index contributed by atoms with van der Waals surface area (Å²) in [6, 6.07) is 1.74. The summed E-state index contributed by atoms with van der Waals surface area (Å²) in [5.41, 5.74) is 0.0330. The fraction of sp³-hybridized carbons (Fsp3) is 0.556. The van der Waals surface area contributed by atoms with Crippen LogP contribution in [-0.4, -0.2) is 39.6 Å². The number of carbonyl (C=O) groups is 1. The SMILES string of the molecule is CCN[C@H](C)CNC(=O)c1cc(C(C)C)nc2c1c(=O)[nH]c(=O)n2CC.Cl.Cl. The van der Waals surface area contributed by atoms with Gasteiger partial charge in [-0.25, -0.2) is 9.78 Å². The minimum Gasteiger partial charge on any atom is -0.350 e. The molecular weight excluding hydrogens is 405 g/mol. The van der Waals surface area contributed by atoms with E-state index in [0.717, 1.165) is 6.54 Å². The molecule has 0 aromatic carbocycles. The van der Waals surface area contributed by atoms with Crippen molar-refractivity contribution in [3.05, 3.63) is 38.2 Å². The van der Waals surface area contributed by atoms with Crippen LogP contribution in [0.3, 0.4) is 0 Å². The zero-order chi connectivity index (χ0) is 19.4. The largest absolute Gasteiger partial charge is 0.350 e. The highest BCUT2D eigenvalue weighted by atomic mass is 35.5. The molecular formula is C18H29Cl2N5O3. The maximum atomic E-state index is 12.8. The molecule has 28 heavy (non-hydrogen) atoms. The number of aromatic nitrogens is 3. The molecule has 0 saturated heterocycles. The van der Waals surface area contributed by atoms with Gasteiger partial charge in [0.05, 0.1) is 10.9 Å². The highest BCUT2D eigenvalue weighted by Gasteiger charge is 2.20. The second-order valence-electron chi connectivity index (χ2n) is 6.62. The van der Waals surface area contributed by atoms with Crippen LogP contribution in [0.25, 0.3) is 11.0 Å². The second kappa shape index (κ2) is 11.2. The van der Waals surface area contributed by atoms with Gasteiger partial charge in [0.1, 0.15) is 0 Å². The second-order valence-corrected chi connectivity index (χ2v) is 6.62. The Morgan fingerprint density at radius 1 is 1.21 bits per heavy atom. The van der Waals surface area contributed by atoms with Gasteiger partial charge in [-0.15, -0.1) is 24.8 Å². The third-order valence-electron chi connectivity index (χ3n) is 4.24. The van der Waals surface area contributed by atoms with E-state index in [0.29, 0.717) is 18.8 Å². The van der Waals surface area contributed by atoms with Crippen LogP contribution in [0, 0.1) is 0 Å². The molecule has 2 aromatic rings. The molecule has 0 fully saturated rings. The van der Waals surface area contributed by atoms with Crippen LogP contribution in [0.1, 0.15) is 56.6 Å². The summed E-state index contributed by atoms with van der Waals surface area (Å²) in [6.45, 7) is 11.2. The maximum absolute atomic E-state index is 12.8. The van der Waals surface area contributed by atoms with Gasteiger partial charge in [0.25, 0.3) is 11.5 Å². The van der Waals surface area contributed by atoms with Crippen molar-refractivity contribution in [3.8, 4) is 0 Å². The Labute approximate surface area is 176 Å². The molecule has 1 amide bonds. The van der Waals surface area contributed by atoms with E-state index >= 15 is 0 Å². The van der Waals surface area contributed by atoms with Gasteiger partial charge in [0, 0.05) is 24.8 Å². The van der Waals surface area contributed by atoms with Crippen LogP contribution < -0.4 is 21.9 Å². The van der Waals surface area contributed by atoms with Crippen molar-refractivity contribution in [3.63, 3.8) is 0 Å².